The number of carboxylic acids is 1. The molecule has 188 valence electrons. The van der Waals surface area contributed by atoms with Crippen molar-refractivity contribution in [1.82, 2.24) is 14.5 Å². The summed E-state index contributed by atoms with van der Waals surface area (Å²) >= 11 is 0. The van der Waals surface area contributed by atoms with Gasteiger partial charge in [0, 0.05) is 45.7 Å². The van der Waals surface area contributed by atoms with E-state index in [0.29, 0.717) is 32.0 Å². The van der Waals surface area contributed by atoms with Crippen LogP contribution in [0.1, 0.15) is 26.7 Å². The van der Waals surface area contributed by atoms with Gasteiger partial charge in [-0.3, -0.25) is 4.79 Å². The second-order valence-electron chi connectivity index (χ2n) is 7.72. The van der Waals surface area contributed by atoms with Crippen molar-refractivity contribution < 1.29 is 40.7 Å². The van der Waals surface area contributed by atoms with Gasteiger partial charge in [0.2, 0.25) is 15.9 Å². The number of benzene rings is 1. The lowest BCUT2D eigenvalue weighted by Crippen LogP contribution is -2.47. The highest BCUT2D eigenvalue weighted by molar-refractivity contribution is 7.89. The first-order chi connectivity index (χ1) is 15.2. The summed E-state index contributed by atoms with van der Waals surface area (Å²) in [7, 11) is -3.76. The molecule has 0 aliphatic carbocycles. The van der Waals surface area contributed by atoms with Crippen molar-refractivity contribution in [3.8, 4) is 0 Å². The smallest absolute Gasteiger partial charge is 0.475 e. The molecule has 0 bridgehead atoms. The summed E-state index contributed by atoms with van der Waals surface area (Å²) in [6, 6.07) is 4.81. The number of carbonyl (C=O) groups is 2. The van der Waals surface area contributed by atoms with Crippen LogP contribution in [0.5, 0.6) is 0 Å². The lowest BCUT2D eigenvalue weighted by atomic mass is 10.1. The number of hydrogen-bond acceptors (Lipinski definition) is 5. The highest BCUT2D eigenvalue weighted by Crippen LogP contribution is 2.18. The fourth-order valence-electron chi connectivity index (χ4n) is 2.80. The molecule has 1 aliphatic rings. The monoisotopic (exact) mass is 499 g/mol. The zero-order chi connectivity index (χ0) is 25.2. The van der Waals surface area contributed by atoms with Crippen molar-refractivity contribution in [2.75, 3.05) is 39.3 Å². The summed E-state index contributed by atoms with van der Waals surface area (Å²) in [5.41, 5.74) is 0. The van der Waals surface area contributed by atoms with E-state index < -0.39 is 28.0 Å². The number of piperazine rings is 1. The van der Waals surface area contributed by atoms with E-state index in [4.69, 9.17) is 9.90 Å². The molecule has 1 saturated heterocycles. The Bertz CT molecular complexity index is 871. The Morgan fingerprint density at radius 2 is 1.64 bits per heavy atom. The number of nitrogens with one attached hydrogen (secondary N) is 1. The van der Waals surface area contributed by atoms with Crippen molar-refractivity contribution in [2.45, 2.75) is 37.8 Å². The van der Waals surface area contributed by atoms with Gasteiger partial charge in [-0.05, 0) is 36.6 Å². The number of hydrogen-bond donors (Lipinski definition) is 2. The van der Waals surface area contributed by atoms with Gasteiger partial charge in [-0.15, -0.1) is 0 Å². The van der Waals surface area contributed by atoms with Crippen molar-refractivity contribution in [3.05, 3.63) is 30.1 Å². The van der Waals surface area contributed by atoms with Crippen LogP contribution in [0.25, 0.3) is 0 Å². The van der Waals surface area contributed by atoms with E-state index in [2.05, 4.69) is 5.32 Å². The second kappa shape index (κ2) is 12.8. The van der Waals surface area contributed by atoms with Gasteiger partial charge in [-0.25, -0.2) is 17.6 Å². The number of sulfonamides is 1. The number of rotatable bonds is 8. The van der Waals surface area contributed by atoms with Gasteiger partial charge >= 0.3 is 12.1 Å². The molecule has 1 fully saturated rings. The second-order valence-corrected chi connectivity index (χ2v) is 9.66. The fourth-order valence-corrected chi connectivity index (χ4v) is 4.26. The highest BCUT2D eigenvalue weighted by Gasteiger charge is 2.38. The van der Waals surface area contributed by atoms with E-state index in [-0.39, 0.29) is 23.8 Å². The molecule has 0 atom stereocenters. The topological polar surface area (TPSA) is 107 Å². The van der Waals surface area contributed by atoms with Crippen LogP contribution >= 0.6 is 0 Å². The number of carbonyl (C=O) groups excluding carboxylic acids is 1. The number of alkyl halides is 3. The average Bonchev–Trinajstić information content (AvgIpc) is 2.73. The van der Waals surface area contributed by atoms with Crippen LogP contribution in [-0.4, -0.2) is 80.1 Å². The molecule has 33 heavy (non-hydrogen) atoms. The highest BCUT2D eigenvalue weighted by atomic mass is 32.2. The summed E-state index contributed by atoms with van der Waals surface area (Å²) in [4.78, 5) is 23.1. The van der Waals surface area contributed by atoms with Crippen LogP contribution in [0.3, 0.4) is 0 Å². The van der Waals surface area contributed by atoms with Crippen LogP contribution in [-0.2, 0) is 19.6 Å². The largest absolute Gasteiger partial charge is 0.490 e. The van der Waals surface area contributed by atoms with Gasteiger partial charge in [0.1, 0.15) is 5.82 Å². The molecule has 0 radical (unpaired) electrons. The minimum absolute atomic E-state index is 0.0321. The van der Waals surface area contributed by atoms with Gasteiger partial charge in [0.15, 0.2) is 0 Å². The number of halogens is 4. The average molecular weight is 500 g/mol. The minimum Gasteiger partial charge on any atom is -0.475 e. The number of nitrogens with zero attached hydrogens (tertiary/aromatic N) is 2. The number of aliphatic carboxylic acids is 1. The first-order valence-electron chi connectivity index (χ1n) is 10.3. The molecule has 1 aliphatic heterocycles. The molecule has 2 rings (SSSR count). The maximum Gasteiger partial charge on any atom is 0.490 e. The first-order valence-corrected chi connectivity index (χ1v) is 11.7. The molecule has 1 heterocycles. The van der Waals surface area contributed by atoms with Gasteiger partial charge in [-0.2, -0.15) is 17.5 Å². The summed E-state index contributed by atoms with van der Waals surface area (Å²) in [6.45, 7) is 7.34. The molecule has 1 aromatic carbocycles. The van der Waals surface area contributed by atoms with Crippen molar-refractivity contribution in [3.63, 3.8) is 0 Å². The quantitative estimate of drug-likeness (QED) is 0.532. The third-order valence-electron chi connectivity index (χ3n) is 4.69. The molecule has 0 unspecified atom stereocenters. The summed E-state index contributed by atoms with van der Waals surface area (Å²) in [5.74, 6) is -2.93. The molecular formula is C20H29F4N3O5S. The third kappa shape index (κ3) is 10.0. The van der Waals surface area contributed by atoms with Crippen LogP contribution in [0.15, 0.2) is 29.2 Å². The van der Waals surface area contributed by atoms with Gasteiger partial charge in [-0.1, -0.05) is 13.8 Å². The normalized spacial score (nSPS) is 14.7. The molecule has 1 aromatic rings. The Labute approximate surface area is 190 Å². The SMILES string of the molecule is CC(C)CCN(CCC(=O)N1CCNCC1)S(=O)(=O)c1ccc(F)cc1.O=C(O)C(F)(F)F. The lowest BCUT2D eigenvalue weighted by molar-refractivity contribution is -0.192. The maximum absolute atomic E-state index is 13.1. The Kier molecular flexibility index (Phi) is 11.2. The Morgan fingerprint density at radius 1 is 1.12 bits per heavy atom. The van der Waals surface area contributed by atoms with Crippen molar-refractivity contribution in [2.24, 2.45) is 5.92 Å². The molecule has 13 heteroatoms. The summed E-state index contributed by atoms with van der Waals surface area (Å²) in [5, 5.41) is 10.3. The van der Waals surface area contributed by atoms with Gasteiger partial charge < -0.3 is 15.3 Å². The zero-order valence-corrected chi connectivity index (χ0v) is 19.3. The molecule has 0 saturated carbocycles. The molecule has 0 aromatic heterocycles. The van der Waals surface area contributed by atoms with Crippen molar-refractivity contribution in [1.29, 1.82) is 0 Å². The molecule has 0 spiro atoms. The van der Waals surface area contributed by atoms with Gasteiger partial charge in [0.05, 0.1) is 4.90 Å². The predicted octanol–water partition coefficient (Wildman–Crippen LogP) is 2.32. The zero-order valence-electron chi connectivity index (χ0n) is 18.4. The van der Waals surface area contributed by atoms with Crippen LogP contribution in [0, 0.1) is 11.7 Å². The van der Waals surface area contributed by atoms with E-state index in [1.807, 2.05) is 13.8 Å². The van der Waals surface area contributed by atoms with E-state index >= 15 is 0 Å². The van der Waals surface area contributed by atoms with E-state index in [1.54, 1.807) is 4.90 Å². The molecular weight excluding hydrogens is 470 g/mol. The Balaban J connectivity index is 0.000000675. The van der Waals surface area contributed by atoms with Gasteiger partial charge in [0.25, 0.3) is 0 Å². The third-order valence-corrected chi connectivity index (χ3v) is 6.61. The maximum atomic E-state index is 13.1. The number of carboxylic acid groups (broad SMARTS) is 1. The fraction of sp³-hybridized carbons (Fsp3) is 0.600. The molecule has 2 N–H and O–H groups in total. The van der Waals surface area contributed by atoms with Crippen LogP contribution in [0.4, 0.5) is 17.6 Å². The molecule has 1 amide bonds. The van der Waals surface area contributed by atoms with E-state index in [0.717, 1.165) is 25.2 Å². The van der Waals surface area contributed by atoms with E-state index in [1.165, 1.54) is 16.4 Å². The molecule has 8 nitrogen and oxygen atoms in total. The lowest BCUT2D eigenvalue weighted by Gasteiger charge is -2.29. The Morgan fingerprint density at radius 3 is 2.09 bits per heavy atom. The Hall–Kier alpha value is -2.25. The van der Waals surface area contributed by atoms with Crippen LogP contribution < -0.4 is 5.32 Å². The first kappa shape index (κ1) is 28.8. The summed E-state index contributed by atoms with van der Waals surface area (Å²) < 4.78 is 72.0. The van der Waals surface area contributed by atoms with Crippen LogP contribution in [0.2, 0.25) is 0 Å². The van der Waals surface area contributed by atoms with Crippen molar-refractivity contribution >= 4 is 21.9 Å². The summed E-state index contributed by atoms with van der Waals surface area (Å²) in [6.07, 6.45) is -4.24. The standard InChI is InChI=1S/C18H28FN3O3S.C2HF3O2/c1-15(2)7-11-22(12-8-18(23)21-13-9-20-10-14-21)26(24,25)17-5-3-16(19)4-6-17;3-2(4,5)1(6)7/h3-6,15,20H,7-14H2,1-2H3;(H,6,7). The number of amides is 1. The van der Waals surface area contributed by atoms with E-state index in [9.17, 15) is 30.8 Å². The minimum atomic E-state index is -5.08. The predicted molar refractivity (Wildman–Crippen MR) is 112 cm³/mol.